The van der Waals surface area contributed by atoms with Gasteiger partial charge in [-0.15, -0.1) is 0 Å². The lowest BCUT2D eigenvalue weighted by Crippen LogP contribution is -2.46. The number of para-hydroxylation sites is 1. The first-order valence-corrected chi connectivity index (χ1v) is 14.5. The summed E-state index contributed by atoms with van der Waals surface area (Å²) in [5, 5.41) is 4.14. The molecule has 0 spiro atoms. The van der Waals surface area contributed by atoms with Crippen molar-refractivity contribution in [3.05, 3.63) is 102 Å². The van der Waals surface area contributed by atoms with Crippen LogP contribution in [0.15, 0.2) is 84.9 Å². The summed E-state index contributed by atoms with van der Waals surface area (Å²) in [4.78, 5) is 24.4. The molecule has 5 nitrogen and oxygen atoms in total. The van der Waals surface area contributed by atoms with Crippen molar-refractivity contribution in [2.45, 2.75) is 51.2 Å². The number of nitrogens with zero attached hydrogens (tertiary/aromatic N) is 3. The number of hydrogen-bond donors (Lipinski definition) is 1. The number of nitrogens with one attached hydrogen (secondary N) is 1. The van der Waals surface area contributed by atoms with Crippen LogP contribution in [0.3, 0.4) is 0 Å². The maximum absolute atomic E-state index is 14.0. The number of pyridine rings is 1. The topological polar surface area (TPSA) is 48.5 Å². The van der Waals surface area contributed by atoms with Crippen molar-refractivity contribution in [3.8, 4) is 11.3 Å². The molecule has 2 saturated heterocycles. The summed E-state index contributed by atoms with van der Waals surface area (Å²) in [6, 6.07) is 29.2. The average Bonchev–Trinajstić information content (AvgIpc) is 3.01. The van der Waals surface area contributed by atoms with E-state index in [1.165, 1.54) is 45.2 Å². The molecule has 2 fully saturated rings. The quantitative estimate of drug-likeness (QED) is 0.313. The highest BCUT2D eigenvalue weighted by Gasteiger charge is 2.28. The standard InChI is InChI=1S/C34H38N4O/c39-34(35-24-26-12-4-1-5-13-26)32-29-16-8-9-17-31(29)36-33(27-14-6-2-7-15-27)30(32)25-37-22-18-28(19-23-37)38-20-10-3-11-21-38/h1-2,4-9,12-17,28H,3,10-11,18-25H2,(H,35,39). The molecule has 2 aliphatic heterocycles. The molecule has 0 radical (unpaired) electrons. The molecule has 3 aromatic carbocycles. The van der Waals surface area contributed by atoms with Gasteiger partial charge in [0.15, 0.2) is 0 Å². The van der Waals surface area contributed by atoms with Crippen LogP contribution in [0, 0.1) is 0 Å². The molecule has 0 bridgehead atoms. The second-order valence-corrected chi connectivity index (χ2v) is 11.0. The second-order valence-electron chi connectivity index (χ2n) is 11.0. The summed E-state index contributed by atoms with van der Waals surface area (Å²) in [7, 11) is 0. The fourth-order valence-corrected chi connectivity index (χ4v) is 6.32. The number of hydrogen-bond acceptors (Lipinski definition) is 4. The van der Waals surface area contributed by atoms with E-state index in [4.69, 9.17) is 4.98 Å². The maximum Gasteiger partial charge on any atom is 0.252 e. The van der Waals surface area contributed by atoms with Gasteiger partial charge in [0, 0.05) is 35.6 Å². The minimum Gasteiger partial charge on any atom is -0.348 e. The summed E-state index contributed by atoms with van der Waals surface area (Å²) in [5.74, 6) is -0.0344. The summed E-state index contributed by atoms with van der Waals surface area (Å²) in [6.07, 6.45) is 6.44. The van der Waals surface area contributed by atoms with Gasteiger partial charge in [0.2, 0.25) is 0 Å². The molecule has 3 heterocycles. The van der Waals surface area contributed by atoms with E-state index in [0.29, 0.717) is 12.6 Å². The molecule has 0 unspecified atom stereocenters. The van der Waals surface area contributed by atoms with Gasteiger partial charge in [0.1, 0.15) is 0 Å². The Morgan fingerprint density at radius 2 is 1.46 bits per heavy atom. The molecule has 6 rings (SSSR count). The van der Waals surface area contributed by atoms with Crippen molar-refractivity contribution in [1.82, 2.24) is 20.1 Å². The van der Waals surface area contributed by atoms with E-state index in [1.807, 2.05) is 60.7 Å². The van der Waals surface area contributed by atoms with Crippen LogP contribution < -0.4 is 5.32 Å². The van der Waals surface area contributed by atoms with Gasteiger partial charge in [-0.1, -0.05) is 85.3 Å². The van der Waals surface area contributed by atoms with Crippen LogP contribution in [0.1, 0.15) is 53.6 Å². The molecule has 1 aromatic heterocycles. The summed E-state index contributed by atoms with van der Waals surface area (Å²) >= 11 is 0. The van der Waals surface area contributed by atoms with E-state index >= 15 is 0 Å². The van der Waals surface area contributed by atoms with Crippen LogP contribution in [0.25, 0.3) is 22.2 Å². The molecule has 5 heteroatoms. The van der Waals surface area contributed by atoms with Gasteiger partial charge in [-0.05, 0) is 63.5 Å². The third-order valence-electron chi connectivity index (χ3n) is 8.41. The predicted molar refractivity (Wildman–Crippen MR) is 159 cm³/mol. The molecule has 1 N–H and O–H groups in total. The molecular weight excluding hydrogens is 480 g/mol. The van der Waals surface area contributed by atoms with E-state index in [-0.39, 0.29) is 5.91 Å². The normalized spacial score (nSPS) is 17.3. The fraction of sp³-hybridized carbons (Fsp3) is 0.353. The summed E-state index contributed by atoms with van der Waals surface area (Å²) in [6.45, 7) is 5.83. The first-order valence-electron chi connectivity index (χ1n) is 14.5. The van der Waals surface area contributed by atoms with Gasteiger partial charge in [0.05, 0.1) is 16.8 Å². The monoisotopic (exact) mass is 518 g/mol. The van der Waals surface area contributed by atoms with Gasteiger partial charge >= 0.3 is 0 Å². The van der Waals surface area contributed by atoms with E-state index in [9.17, 15) is 4.79 Å². The molecule has 2 aliphatic rings. The number of likely N-dealkylation sites (tertiary alicyclic amines) is 2. The van der Waals surface area contributed by atoms with Crippen molar-refractivity contribution < 1.29 is 4.79 Å². The molecule has 0 aliphatic carbocycles. The molecule has 1 amide bonds. The Kier molecular flexibility index (Phi) is 7.98. The van der Waals surface area contributed by atoms with Crippen LogP contribution in [0.5, 0.6) is 0 Å². The molecule has 4 aromatic rings. The third-order valence-corrected chi connectivity index (χ3v) is 8.41. The Labute approximate surface area is 231 Å². The minimum absolute atomic E-state index is 0.0344. The van der Waals surface area contributed by atoms with Crippen molar-refractivity contribution in [2.24, 2.45) is 0 Å². The van der Waals surface area contributed by atoms with Crippen LogP contribution in [-0.4, -0.2) is 52.9 Å². The Morgan fingerprint density at radius 3 is 2.21 bits per heavy atom. The predicted octanol–water partition coefficient (Wildman–Crippen LogP) is 6.28. The number of fused-ring (bicyclic) bond motifs is 1. The van der Waals surface area contributed by atoms with E-state index in [0.717, 1.165) is 58.5 Å². The molecule has 0 atom stereocenters. The lowest BCUT2D eigenvalue weighted by atomic mass is 9.94. The zero-order valence-corrected chi connectivity index (χ0v) is 22.7. The number of carbonyl (C=O) groups excluding carboxylic acids is 1. The van der Waals surface area contributed by atoms with Crippen LogP contribution in [-0.2, 0) is 13.1 Å². The van der Waals surface area contributed by atoms with Crippen molar-refractivity contribution in [1.29, 1.82) is 0 Å². The van der Waals surface area contributed by atoms with Crippen molar-refractivity contribution >= 4 is 16.8 Å². The molecular formula is C34H38N4O. The first-order chi connectivity index (χ1) is 19.3. The Bertz CT molecular complexity index is 1390. The first kappa shape index (κ1) is 25.7. The largest absolute Gasteiger partial charge is 0.348 e. The van der Waals surface area contributed by atoms with E-state index < -0.39 is 0 Å². The number of benzene rings is 3. The lowest BCUT2D eigenvalue weighted by molar-refractivity contribution is 0.0885. The number of aromatic nitrogens is 1. The summed E-state index contributed by atoms with van der Waals surface area (Å²) < 4.78 is 0. The van der Waals surface area contributed by atoms with Crippen molar-refractivity contribution in [2.75, 3.05) is 26.2 Å². The zero-order chi connectivity index (χ0) is 26.4. The second kappa shape index (κ2) is 12.1. The van der Waals surface area contributed by atoms with Crippen LogP contribution >= 0.6 is 0 Å². The lowest BCUT2D eigenvalue weighted by Gasteiger charge is -2.40. The number of amides is 1. The molecule has 200 valence electrons. The van der Waals surface area contributed by atoms with Gasteiger partial charge in [-0.3, -0.25) is 9.69 Å². The van der Waals surface area contributed by atoms with Gasteiger partial charge in [-0.2, -0.15) is 0 Å². The van der Waals surface area contributed by atoms with Gasteiger partial charge < -0.3 is 10.2 Å². The molecule has 39 heavy (non-hydrogen) atoms. The van der Waals surface area contributed by atoms with E-state index in [1.54, 1.807) is 0 Å². The number of piperidine rings is 2. The summed E-state index contributed by atoms with van der Waals surface area (Å²) in [5.41, 5.74) is 5.70. The van der Waals surface area contributed by atoms with E-state index in [2.05, 4.69) is 39.4 Å². The fourth-order valence-electron chi connectivity index (χ4n) is 6.32. The smallest absolute Gasteiger partial charge is 0.252 e. The van der Waals surface area contributed by atoms with Crippen LogP contribution in [0.4, 0.5) is 0 Å². The number of rotatable bonds is 7. The molecule has 0 saturated carbocycles. The van der Waals surface area contributed by atoms with Gasteiger partial charge in [-0.25, -0.2) is 4.98 Å². The Balaban J connectivity index is 1.34. The minimum atomic E-state index is -0.0344. The highest BCUT2D eigenvalue weighted by Crippen LogP contribution is 2.32. The van der Waals surface area contributed by atoms with Gasteiger partial charge in [0.25, 0.3) is 5.91 Å². The third kappa shape index (κ3) is 5.90. The Morgan fingerprint density at radius 1 is 0.795 bits per heavy atom. The average molecular weight is 519 g/mol. The highest BCUT2D eigenvalue weighted by molar-refractivity contribution is 6.09. The highest BCUT2D eigenvalue weighted by atomic mass is 16.1. The maximum atomic E-state index is 14.0. The zero-order valence-electron chi connectivity index (χ0n) is 22.7. The Hall–Kier alpha value is -3.54. The van der Waals surface area contributed by atoms with Crippen molar-refractivity contribution in [3.63, 3.8) is 0 Å². The number of carbonyl (C=O) groups is 1. The SMILES string of the molecule is O=C(NCc1ccccc1)c1c(CN2CCC(N3CCCCC3)CC2)c(-c2ccccc2)nc2ccccc12. The van der Waals surface area contributed by atoms with Crippen LogP contribution in [0.2, 0.25) is 0 Å².